The van der Waals surface area contributed by atoms with Crippen LogP contribution in [0.1, 0.15) is 29.2 Å². The maximum atomic E-state index is 12.1. The Labute approximate surface area is 99.3 Å². The number of furan rings is 1. The fraction of sp³-hybridized carbons (Fsp3) is 0.500. The number of ether oxygens (including phenoxy) is 1. The minimum Gasteiger partial charge on any atom is -0.467 e. The molecule has 1 unspecified atom stereocenters. The Morgan fingerprint density at radius 1 is 1.47 bits per heavy atom. The molecule has 0 saturated carbocycles. The monoisotopic (exact) mass is 237 g/mol. The van der Waals surface area contributed by atoms with E-state index in [-0.39, 0.29) is 17.6 Å². The van der Waals surface area contributed by atoms with Crippen LogP contribution in [0.2, 0.25) is 0 Å². The van der Waals surface area contributed by atoms with Gasteiger partial charge in [-0.15, -0.1) is 0 Å². The lowest BCUT2D eigenvalue weighted by atomic mass is 10.2. The first kappa shape index (κ1) is 11.7. The molecule has 1 aliphatic rings. The van der Waals surface area contributed by atoms with Crippen LogP contribution in [0.4, 0.5) is 0 Å². The molecule has 0 aromatic carbocycles. The van der Waals surface area contributed by atoms with Crippen LogP contribution < -0.4 is 0 Å². The van der Waals surface area contributed by atoms with Gasteiger partial charge in [-0.3, -0.25) is 4.79 Å². The van der Waals surface area contributed by atoms with Crippen LogP contribution in [0.5, 0.6) is 0 Å². The smallest absolute Gasteiger partial charge is 0.328 e. The number of nitrogens with zero attached hydrogens (tertiary/aromatic N) is 1. The summed E-state index contributed by atoms with van der Waals surface area (Å²) in [4.78, 5) is 25.2. The lowest BCUT2D eigenvalue weighted by Crippen LogP contribution is -2.40. The van der Waals surface area contributed by atoms with Gasteiger partial charge in [-0.2, -0.15) is 0 Å². The van der Waals surface area contributed by atoms with Gasteiger partial charge in [0.1, 0.15) is 11.8 Å². The van der Waals surface area contributed by atoms with E-state index in [1.165, 1.54) is 12.0 Å². The van der Waals surface area contributed by atoms with E-state index in [9.17, 15) is 9.59 Å². The van der Waals surface area contributed by atoms with Gasteiger partial charge in [0, 0.05) is 6.54 Å². The van der Waals surface area contributed by atoms with Crippen molar-refractivity contribution in [2.75, 3.05) is 13.7 Å². The highest BCUT2D eigenvalue weighted by Gasteiger charge is 2.36. The number of carbonyl (C=O) groups is 2. The van der Waals surface area contributed by atoms with Crippen LogP contribution >= 0.6 is 0 Å². The van der Waals surface area contributed by atoms with Gasteiger partial charge in [-0.05, 0) is 31.9 Å². The van der Waals surface area contributed by atoms with Crippen molar-refractivity contribution < 1.29 is 18.7 Å². The normalized spacial score (nSPS) is 19.4. The second kappa shape index (κ2) is 4.61. The molecule has 1 aromatic heterocycles. The molecule has 1 saturated heterocycles. The van der Waals surface area contributed by atoms with Crippen molar-refractivity contribution in [2.45, 2.75) is 25.8 Å². The van der Waals surface area contributed by atoms with Crippen molar-refractivity contribution in [2.24, 2.45) is 0 Å². The average Bonchev–Trinajstić information content (AvgIpc) is 2.95. The van der Waals surface area contributed by atoms with Gasteiger partial charge < -0.3 is 14.1 Å². The molecule has 1 fully saturated rings. The third-order valence-electron chi connectivity index (χ3n) is 2.94. The van der Waals surface area contributed by atoms with E-state index >= 15 is 0 Å². The van der Waals surface area contributed by atoms with Gasteiger partial charge in [0.15, 0.2) is 5.76 Å². The molecule has 0 aliphatic carbocycles. The van der Waals surface area contributed by atoms with E-state index in [0.717, 1.165) is 6.42 Å². The van der Waals surface area contributed by atoms with Crippen molar-refractivity contribution >= 4 is 11.9 Å². The summed E-state index contributed by atoms with van der Waals surface area (Å²) in [5.41, 5.74) is 0. The molecule has 0 spiro atoms. The van der Waals surface area contributed by atoms with E-state index < -0.39 is 6.04 Å². The summed E-state index contributed by atoms with van der Waals surface area (Å²) in [5, 5.41) is 0. The highest BCUT2D eigenvalue weighted by Crippen LogP contribution is 2.21. The minimum atomic E-state index is -0.474. The Morgan fingerprint density at radius 2 is 2.24 bits per heavy atom. The van der Waals surface area contributed by atoms with Gasteiger partial charge in [-0.25, -0.2) is 4.79 Å². The van der Waals surface area contributed by atoms with Crippen LogP contribution in [0.25, 0.3) is 0 Å². The minimum absolute atomic E-state index is 0.244. The van der Waals surface area contributed by atoms with Gasteiger partial charge in [0.25, 0.3) is 5.91 Å². The zero-order valence-corrected chi connectivity index (χ0v) is 9.93. The second-order valence-corrected chi connectivity index (χ2v) is 4.09. The molecule has 1 atom stereocenters. The zero-order chi connectivity index (χ0) is 12.4. The summed E-state index contributed by atoms with van der Waals surface area (Å²) in [6.07, 6.45) is 1.46. The third-order valence-corrected chi connectivity index (χ3v) is 2.94. The van der Waals surface area contributed by atoms with E-state index in [1.807, 2.05) is 0 Å². The maximum absolute atomic E-state index is 12.1. The highest BCUT2D eigenvalue weighted by atomic mass is 16.5. The third kappa shape index (κ3) is 2.18. The molecule has 92 valence electrons. The summed E-state index contributed by atoms with van der Waals surface area (Å²) in [7, 11) is 1.33. The van der Waals surface area contributed by atoms with Crippen LogP contribution in [0.15, 0.2) is 16.5 Å². The average molecular weight is 237 g/mol. The number of amides is 1. The quantitative estimate of drug-likeness (QED) is 0.729. The van der Waals surface area contributed by atoms with Gasteiger partial charge in [-0.1, -0.05) is 0 Å². The lowest BCUT2D eigenvalue weighted by Gasteiger charge is -2.21. The number of esters is 1. The molecule has 2 rings (SSSR count). The summed E-state index contributed by atoms with van der Waals surface area (Å²) >= 11 is 0. The van der Waals surface area contributed by atoms with E-state index in [1.54, 1.807) is 19.1 Å². The largest absolute Gasteiger partial charge is 0.467 e. The fourth-order valence-electron chi connectivity index (χ4n) is 2.08. The maximum Gasteiger partial charge on any atom is 0.328 e. The molecule has 0 bridgehead atoms. The molecular formula is C12H15NO4. The number of methoxy groups -OCH3 is 1. The predicted molar refractivity (Wildman–Crippen MR) is 59.5 cm³/mol. The first-order chi connectivity index (χ1) is 8.13. The highest BCUT2D eigenvalue weighted by molar-refractivity contribution is 5.95. The van der Waals surface area contributed by atoms with Gasteiger partial charge >= 0.3 is 5.97 Å². The number of hydrogen-bond acceptors (Lipinski definition) is 4. The summed E-state index contributed by atoms with van der Waals surface area (Å²) in [6, 6.07) is 2.89. The Kier molecular flexibility index (Phi) is 3.17. The molecule has 0 N–H and O–H groups in total. The second-order valence-electron chi connectivity index (χ2n) is 4.09. The molecule has 2 heterocycles. The molecule has 1 aliphatic heterocycles. The summed E-state index contributed by atoms with van der Waals surface area (Å²) < 4.78 is 9.97. The van der Waals surface area contributed by atoms with Crippen LogP contribution in [-0.4, -0.2) is 36.5 Å². The summed E-state index contributed by atoms with van der Waals surface area (Å²) in [5.74, 6) is 0.352. The first-order valence-corrected chi connectivity index (χ1v) is 5.58. The molecule has 1 aromatic rings. The zero-order valence-electron chi connectivity index (χ0n) is 9.93. The molecular weight excluding hydrogens is 222 g/mol. The molecule has 5 heteroatoms. The number of rotatable bonds is 2. The number of carbonyl (C=O) groups excluding carboxylic acids is 2. The summed E-state index contributed by atoms with van der Waals surface area (Å²) in [6.45, 7) is 2.34. The molecule has 1 amide bonds. The predicted octanol–water partition coefficient (Wildman–Crippen LogP) is 1.37. The van der Waals surface area contributed by atoms with Crippen LogP contribution in [-0.2, 0) is 9.53 Å². The molecule has 17 heavy (non-hydrogen) atoms. The number of hydrogen-bond donors (Lipinski definition) is 0. The Bertz CT molecular complexity index is 437. The van der Waals surface area contributed by atoms with Gasteiger partial charge in [0.2, 0.25) is 0 Å². The van der Waals surface area contributed by atoms with Crippen molar-refractivity contribution in [1.29, 1.82) is 0 Å². The molecule has 0 radical (unpaired) electrons. The number of likely N-dealkylation sites (tertiary alicyclic amines) is 1. The van der Waals surface area contributed by atoms with Gasteiger partial charge in [0.05, 0.1) is 7.11 Å². The topological polar surface area (TPSA) is 59.8 Å². The van der Waals surface area contributed by atoms with Crippen molar-refractivity contribution in [3.05, 3.63) is 23.7 Å². The van der Waals surface area contributed by atoms with Crippen molar-refractivity contribution in [3.8, 4) is 0 Å². The van der Waals surface area contributed by atoms with Crippen molar-refractivity contribution in [3.63, 3.8) is 0 Å². The van der Waals surface area contributed by atoms with Crippen molar-refractivity contribution in [1.82, 2.24) is 4.90 Å². The Balaban J connectivity index is 2.16. The van der Waals surface area contributed by atoms with E-state index in [0.29, 0.717) is 18.7 Å². The molecule has 5 nitrogen and oxygen atoms in total. The Hall–Kier alpha value is -1.78. The lowest BCUT2D eigenvalue weighted by molar-refractivity contribution is -0.145. The Morgan fingerprint density at radius 3 is 2.82 bits per heavy atom. The first-order valence-electron chi connectivity index (χ1n) is 5.58. The fourth-order valence-corrected chi connectivity index (χ4v) is 2.08. The van der Waals surface area contributed by atoms with E-state index in [4.69, 9.17) is 9.15 Å². The van der Waals surface area contributed by atoms with E-state index in [2.05, 4.69) is 0 Å². The number of aryl methyl sites for hydroxylation is 1. The van der Waals surface area contributed by atoms with Crippen LogP contribution in [0, 0.1) is 6.92 Å². The SMILES string of the molecule is COC(=O)C1CCCN1C(=O)c1ccc(C)o1. The standard InChI is InChI=1S/C12H15NO4/c1-8-5-6-10(17-8)11(14)13-7-3-4-9(13)12(15)16-2/h5-6,9H,3-4,7H2,1-2H3. The van der Waals surface area contributed by atoms with Crippen LogP contribution in [0.3, 0.4) is 0 Å².